The maximum atomic E-state index is 9.09. The molecule has 1 unspecified atom stereocenters. The monoisotopic (exact) mass is 129 g/mol. The van der Waals surface area contributed by atoms with E-state index in [-0.39, 0.29) is 6.61 Å². The molecule has 2 N–H and O–H groups in total. The molecule has 2 nitrogen and oxygen atoms in total. The molecule has 0 spiro atoms. The van der Waals surface area contributed by atoms with Crippen molar-refractivity contribution >= 4 is 0 Å². The van der Waals surface area contributed by atoms with Crippen molar-refractivity contribution in [1.82, 2.24) is 0 Å². The molecule has 2 heteroatoms. The topological polar surface area (TPSA) is 40.5 Å². The highest BCUT2D eigenvalue weighted by molar-refractivity contribution is 4.97. The van der Waals surface area contributed by atoms with E-state index in [0.717, 1.165) is 0 Å². The van der Waals surface area contributed by atoms with Crippen molar-refractivity contribution in [3.8, 4) is 0 Å². The predicted molar refractivity (Wildman–Crippen MR) is 36.8 cm³/mol. The lowest BCUT2D eigenvalue weighted by atomic mass is 10.1. The van der Waals surface area contributed by atoms with E-state index in [0.29, 0.717) is 6.42 Å². The molecule has 0 aliphatic rings. The van der Waals surface area contributed by atoms with Crippen LogP contribution in [0.2, 0.25) is 0 Å². The number of aliphatic hydroxyl groups is 2. The molecule has 0 fully saturated rings. The average Bonchev–Trinajstić information content (AvgIpc) is 1.84. The Bertz CT molecular complexity index is 95.1. The lowest BCUT2D eigenvalue weighted by Gasteiger charge is -2.13. The van der Waals surface area contributed by atoms with Gasteiger partial charge in [0.15, 0.2) is 0 Å². The van der Waals surface area contributed by atoms with Gasteiger partial charge in [-0.05, 0) is 20.3 Å². The Hall–Kier alpha value is -0.340. The third kappa shape index (κ3) is 4.18. The Kier molecular flexibility index (Phi) is 3.50. The maximum Gasteiger partial charge on any atom is 0.103 e. The zero-order valence-corrected chi connectivity index (χ0v) is 5.67. The fourth-order valence-electron chi connectivity index (χ4n) is 0.390. The lowest BCUT2D eigenvalue weighted by Crippen LogP contribution is -2.25. The molecule has 0 aliphatic heterocycles. The number of hydrogen-bond donors (Lipinski definition) is 2. The number of allylic oxidation sites excluding steroid dienone is 1. The summed E-state index contributed by atoms with van der Waals surface area (Å²) < 4.78 is 0. The highest BCUT2D eigenvalue weighted by Gasteiger charge is 2.12. The fraction of sp³-hybridized carbons (Fsp3) is 0.571. The lowest BCUT2D eigenvalue weighted by molar-refractivity contribution is 0.0433. The molecule has 0 saturated carbocycles. The minimum Gasteiger partial charge on any atom is -0.393 e. The zero-order valence-electron chi connectivity index (χ0n) is 5.67. The zero-order chi connectivity index (χ0) is 7.33. The van der Waals surface area contributed by atoms with E-state index >= 15 is 0 Å². The van der Waals surface area contributed by atoms with Crippen molar-refractivity contribution in [3.63, 3.8) is 0 Å². The first-order valence-electron chi connectivity index (χ1n) is 2.92. The maximum absolute atomic E-state index is 9.09. The van der Waals surface area contributed by atoms with E-state index in [1.807, 2.05) is 0 Å². The molecule has 0 bridgehead atoms. The molecule has 0 aromatic heterocycles. The second-order valence-electron chi connectivity index (χ2n) is 2.21. The van der Waals surface area contributed by atoms with Crippen LogP contribution >= 0.6 is 0 Å². The fourth-order valence-corrected chi connectivity index (χ4v) is 0.390. The van der Waals surface area contributed by atoms with Crippen molar-refractivity contribution < 1.29 is 10.2 Å². The van der Waals surface area contributed by atoms with Gasteiger partial charge in [-0.15, -0.1) is 0 Å². The van der Waals surface area contributed by atoms with Crippen LogP contribution in [0, 0.1) is 6.92 Å². The molecule has 1 radical (unpaired) electrons. The summed E-state index contributed by atoms with van der Waals surface area (Å²) in [6, 6.07) is 0. The predicted octanol–water partition coefficient (Wildman–Crippen LogP) is 0.510. The van der Waals surface area contributed by atoms with Crippen molar-refractivity contribution in [2.24, 2.45) is 0 Å². The molecule has 0 heterocycles. The van der Waals surface area contributed by atoms with Crippen molar-refractivity contribution in [1.29, 1.82) is 0 Å². The van der Waals surface area contributed by atoms with Crippen LogP contribution in [0.25, 0.3) is 0 Å². The molecular weight excluding hydrogens is 116 g/mol. The normalized spacial score (nSPS) is 18.2. The Morgan fingerprint density at radius 2 is 2.22 bits per heavy atom. The largest absolute Gasteiger partial charge is 0.393 e. The molecule has 0 amide bonds. The van der Waals surface area contributed by atoms with Gasteiger partial charge in [0.05, 0.1) is 6.61 Å². The first kappa shape index (κ1) is 8.66. The van der Waals surface area contributed by atoms with Gasteiger partial charge in [-0.1, -0.05) is 12.2 Å². The number of aliphatic hydroxyl groups excluding tert-OH is 1. The summed E-state index contributed by atoms with van der Waals surface area (Å²) in [5.41, 5.74) is -1.07. The van der Waals surface area contributed by atoms with E-state index < -0.39 is 5.60 Å². The van der Waals surface area contributed by atoms with Gasteiger partial charge < -0.3 is 10.2 Å². The van der Waals surface area contributed by atoms with Gasteiger partial charge in [-0.25, -0.2) is 0 Å². The summed E-state index contributed by atoms with van der Waals surface area (Å²) in [7, 11) is 0. The van der Waals surface area contributed by atoms with E-state index in [1.165, 1.54) is 0 Å². The molecule has 53 valence electrons. The first-order valence-corrected chi connectivity index (χ1v) is 2.92. The van der Waals surface area contributed by atoms with Gasteiger partial charge in [-0.2, -0.15) is 0 Å². The quantitative estimate of drug-likeness (QED) is 0.545. The van der Waals surface area contributed by atoms with Crippen molar-refractivity contribution in [2.75, 3.05) is 6.61 Å². The highest BCUT2D eigenvalue weighted by atomic mass is 16.3. The van der Waals surface area contributed by atoms with E-state index in [1.54, 1.807) is 19.1 Å². The molecule has 0 rings (SSSR count). The van der Waals surface area contributed by atoms with E-state index in [9.17, 15) is 0 Å². The van der Waals surface area contributed by atoms with Crippen LogP contribution in [0.5, 0.6) is 0 Å². The van der Waals surface area contributed by atoms with Gasteiger partial charge in [-0.3, -0.25) is 0 Å². The Labute approximate surface area is 55.8 Å². The van der Waals surface area contributed by atoms with Crippen molar-refractivity contribution in [2.45, 2.75) is 18.9 Å². The average molecular weight is 129 g/mol. The number of hydrogen-bond acceptors (Lipinski definition) is 2. The first-order chi connectivity index (χ1) is 4.12. The summed E-state index contributed by atoms with van der Waals surface area (Å²) in [6.45, 7) is 4.84. The summed E-state index contributed by atoms with van der Waals surface area (Å²) in [5, 5.41) is 17.6. The van der Waals surface area contributed by atoms with Crippen LogP contribution in [0.3, 0.4) is 0 Å². The van der Waals surface area contributed by atoms with Crippen LogP contribution < -0.4 is 0 Å². The molecule has 9 heavy (non-hydrogen) atoms. The summed E-state index contributed by atoms with van der Waals surface area (Å²) >= 11 is 0. The molecule has 0 aliphatic carbocycles. The summed E-state index contributed by atoms with van der Waals surface area (Å²) in [4.78, 5) is 0. The van der Waals surface area contributed by atoms with Gasteiger partial charge in [0, 0.05) is 0 Å². The second-order valence-corrected chi connectivity index (χ2v) is 2.21. The summed E-state index contributed by atoms with van der Waals surface area (Å²) in [5.74, 6) is 0. The minimum atomic E-state index is -1.07. The SMILES string of the molecule is [CH2]C/C=C/C(C)(O)CO. The Balaban J connectivity index is 3.70. The third-order valence-corrected chi connectivity index (χ3v) is 0.964. The summed E-state index contributed by atoms with van der Waals surface area (Å²) in [6.07, 6.45) is 3.90. The molecular formula is C7H13O2. The molecule has 0 aromatic carbocycles. The van der Waals surface area contributed by atoms with Crippen LogP contribution in [-0.4, -0.2) is 22.4 Å². The van der Waals surface area contributed by atoms with Gasteiger partial charge >= 0.3 is 0 Å². The molecule has 0 saturated heterocycles. The highest BCUT2D eigenvalue weighted by Crippen LogP contribution is 2.03. The molecule has 0 aromatic rings. The molecule has 1 atom stereocenters. The van der Waals surface area contributed by atoms with Gasteiger partial charge in [0.2, 0.25) is 0 Å². The van der Waals surface area contributed by atoms with Crippen LogP contribution in [0.4, 0.5) is 0 Å². The van der Waals surface area contributed by atoms with Crippen LogP contribution in [-0.2, 0) is 0 Å². The van der Waals surface area contributed by atoms with E-state index in [2.05, 4.69) is 6.92 Å². The Morgan fingerprint density at radius 1 is 1.67 bits per heavy atom. The Morgan fingerprint density at radius 3 is 2.56 bits per heavy atom. The second kappa shape index (κ2) is 3.64. The third-order valence-electron chi connectivity index (χ3n) is 0.964. The number of rotatable bonds is 3. The standard InChI is InChI=1S/C7H13O2/c1-3-4-5-7(2,9)6-8/h4-5,8-9H,1,3,6H2,2H3/b5-4+. The van der Waals surface area contributed by atoms with E-state index in [4.69, 9.17) is 10.2 Å². The van der Waals surface area contributed by atoms with Gasteiger partial charge in [0.25, 0.3) is 0 Å². The minimum absolute atomic E-state index is 0.247. The van der Waals surface area contributed by atoms with Crippen LogP contribution in [0.1, 0.15) is 13.3 Å². The van der Waals surface area contributed by atoms with Crippen LogP contribution in [0.15, 0.2) is 12.2 Å². The smallest absolute Gasteiger partial charge is 0.103 e. The van der Waals surface area contributed by atoms with Crippen molar-refractivity contribution in [3.05, 3.63) is 19.1 Å². The van der Waals surface area contributed by atoms with Gasteiger partial charge in [0.1, 0.15) is 5.60 Å².